The van der Waals surface area contributed by atoms with Gasteiger partial charge in [0.25, 0.3) is 0 Å². The summed E-state index contributed by atoms with van der Waals surface area (Å²) in [5.74, 6) is 1.20. The zero-order valence-corrected chi connectivity index (χ0v) is 11.4. The van der Waals surface area contributed by atoms with Gasteiger partial charge in [-0.15, -0.1) is 0 Å². The van der Waals surface area contributed by atoms with Crippen molar-refractivity contribution >= 4 is 0 Å². The Morgan fingerprint density at radius 1 is 1.33 bits per heavy atom. The zero-order valence-electron chi connectivity index (χ0n) is 11.4. The number of nitrogens with two attached hydrogens (primary N) is 1. The first-order valence-electron chi connectivity index (χ1n) is 7.05. The molecule has 1 saturated carbocycles. The number of hydrogen-bond donors (Lipinski definition) is 1. The molecule has 3 nitrogen and oxygen atoms in total. The molecule has 100 valence electrons. The van der Waals surface area contributed by atoms with Crippen molar-refractivity contribution in [3.8, 4) is 0 Å². The van der Waals surface area contributed by atoms with Crippen LogP contribution < -0.4 is 11.3 Å². The fourth-order valence-electron chi connectivity index (χ4n) is 3.17. The molecule has 18 heavy (non-hydrogen) atoms. The van der Waals surface area contributed by atoms with Crippen LogP contribution in [0.25, 0.3) is 0 Å². The third-order valence-corrected chi connectivity index (χ3v) is 4.49. The molecule has 1 heterocycles. The zero-order chi connectivity index (χ0) is 13.1. The molecular formula is C15H24N2O. The van der Waals surface area contributed by atoms with Gasteiger partial charge in [-0.3, -0.25) is 4.79 Å². The molecule has 3 heteroatoms. The minimum atomic E-state index is 0.0971. The van der Waals surface area contributed by atoms with Gasteiger partial charge in [0.05, 0.1) is 0 Å². The van der Waals surface area contributed by atoms with Crippen LogP contribution in [0.4, 0.5) is 0 Å². The summed E-state index contributed by atoms with van der Waals surface area (Å²) in [6.45, 7) is 2.16. The lowest BCUT2D eigenvalue weighted by molar-refractivity contribution is 0.273. The summed E-state index contributed by atoms with van der Waals surface area (Å²) in [7, 11) is 1.88. The van der Waals surface area contributed by atoms with Crippen LogP contribution in [0.2, 0.25) is 0 Å². The number of nitrogens with zero attached hydrogens (tertiary/aromatic N) is 1. The summed E-state index contributed by atoms with van der Waals surface area (Å²) in [6.07, 6.45) is 5.79. The van der Waals surface area contributed by atoms with Crippen molar-refractivity contribution in [1.82, 2.24) is 4.57 Å². The van der Waals surface area contributed by atoms with Crippen LogP contribution in [0.5, 0.6) is 0 Å². The predicted octanol–water partition coefficient (Wildman–Crippen LogP) is 2.40. The Morgan fingerprint density at radius 2 is 2.00 bits per heavy atom. The summed E-state index contributed by atoms with van der Waals surface area (Å²) in [5, 5.41) is 0. The molecule has 0 amide bonds. The van der Waals surface area contributed by atoms with Crippen LogP contribution >= 0.6 is 0 Å². The molecule has 0 saturated heterocycles. The van der Waals surface area contributed by atoms with Crippen LogP contribution in [-0.2, 0) is 7.05 Å². The van der Waals surface area contributed by atoms with E-state index in [9.17, 15) is 4.79 Å². The topological polar surface area (TPSA) is 48.0 Å². The van der Waals surface area contributed by atoms with Gasteiger partial charge in [0.15, 0.2) is 0 Å². The smallest absolute Gasteiger partial charge is 0.250 e. The molecule has 1 aliphatic carbocycles. The van der Waals surface area contributed by atoms with Crippen LogP contribution in [0.3, 0.4) is 0 Å². The number of rotatable bonds is 3. The molecular weight excluding hydrogens is 224 g/mol. The molecule has 1 aliphatic rings. The second kappa shape index (κ2) is 5.70. The van der Waals surface area contributed by atoms with Gasteiger partial charge in [-0.25, -0.2) is 0 Å². The highest BCUT2D eigenvalue weighted by atomic mass is 16.1. The van der Waals surface area contributed by atoms with Gasteiger partial charge in [-0.05, 0) is 50.0 Å². The third-order valence-electron chi connectivity index (χ3n) is 4.49. The van der Waals surface area contributed by atoms with Crippen molar-refractivity contribution in [2.24, 2.45) is 18.7 Å². The molecule has 1 aromatic heterocycles. The molecule has 0 aromatic carbocycles. The number of hydrogen-bond acceptors (Lipinski definition) is 2. The highest BCUT2D eigenvalue weighted by molar-refractivity contribution is 5.12. The highest BCUT2D eigenvalue weighted by Gasteiger charge is 2.26. The minimum absolute atomic E-state index is 0.0971. The van der Waals surface area contributed by atoms with E-state index in [1.165, 1.54) is 18.5 Å². The summed E-state index contributed by atoms with van der Waals surface area (Å²) in [5.41, 5.74) is 7.41. The van der Waals surface area contributed by atoms with Gasteiger partial charge < -0.3 is 10.3 Å². The van der Waals surface area contributed by atoms with Crippen molar-refractivity contribution in [1.29, 1.82) is 0 Å². The van der Waals surface area contributed by atoms with E-state index in [1.54, 1.807) is 10.6 Å². The van der Waals surface area contributed by atoms with Gasteiger partial charge >= 0.3 is 0 Å². The third kappa shape index (κ3) is 2.66. The second-order valence-corrected chi connectivity index (χ2v) is 5.53. The lowest BCUT2D eigenvalue weighted by atomic mass is 9.77. The molecule has 1 unspecified atom stereocenters. The molecule has 0 aliphatic heterocycles. The van der Waals surface area contributed by atoms with Gasteiger partial charge in [0.2, 0.25) is 5.56 Å². The summed E-state index contributed by atoms with van der Waals surface area (Å²) < 4.78 is 1.80. The van der Waals surface area contributed by atoms with Crippen molar-refractivity contribution in [3.63, 3.8) is 0 Å². The van der Waals surface area contributed by atoms with Gasteiger partial charge in [0, 0.05) is 24.8 Å². The van der Waals surface area contributed by atoms with E-state index in [4.69, 9.17) is 5.73 Å². The summed E-state index contributed by atoms with van der Waals surface area (Å²) in [6, 6.07) is 5.95. The van der Waals surface area contributed by atoms with E-state index in [1.807, 2.05) is 13.1 Å². The van der Waals surface area contributed by atoms with E-state index in [2.05, 4.69) is 13.0 Å². The highest BCUT2D eigenvalue weighted by Crippen LogP contribution is 2.36. The fraction of sp³-hybridized carbons (Fsp3) is 0.667. The van der Waals surface area contributed by atoms with Crippen LogP contribution in [0.15, 0.2) is 23.0 Å². The van der Waals surface area contributed by atoms with Crippen LogP contribution in [0.1, 0.15) is 50.6 Å². The maximum absolute atomic E-state index is 11.6. The maximum atomic E-state index is 11.6. The van der Waals surface area contributed by atoms with E-state index in [0.717, 1.165) is 19.3 Å². The standard InChI is InChI=1S/C15H24N2O/c1-3-13(16)11-7-9-12(10-8-11)14-5-4-6-15(18)17(14)2/h4-6,11-13H,3,7-10,16H2,1-2H3. The van der Waals surface area contributed by atoms with E-state index in [0.29, 0.717) is 17.9 Å². The lowest BCUT2D eigenvalue weighted by Gasteiger charge is -2.32. The Labute approximate surface area is 109 Å². The van der Waals surface area contributed by atoms with Crippen molar-refractivity contribution in [3.05, 3.63) is 34.2 Å². The van der Waals surface area contributed by atoms with E-state index >= 15 is 0 Å². The van der Waals surface area contributed by atoms with Crippen LogP contribution in [0, 0.1) is 5.92 Å². The molecule has 2 rings (SSSR count). The lowest BCUT2D eigenvalue weighted by Crippen LogP contribution is -2.32. The minimum Gasteiger partial charge on any atom is -0.327 e. The average molecular weight is 248 g/mol. The molecule has 0 radical (unpaired) electrons. The Kier molecular flexibility index (Phi) is 4.23. The quantitative estimate of drug-likeness (QED) is 0.893. The Balaban J connectivity index is 2.06. The van der Waals surface area contributed by atoms with Gasteiger partial charge in [0.1, 0.15) is 0 Å². The number of aromatic nitrogens is 1. The normalized spacial score (nSPS) is 25.9. The first kappa shape index (κ1) is 13.3. The molecule has 1 aromatic rings. The summed E-state index contributed by atoms with van der Waals surface area (Å²) >= 11 is 0. The second-order valence-electron chi connectivity index (χ2n) is 5.53. The first-order valence-corrected chi connectivity index (χ1v) is 7.05. The molecule has 0 spiro atoms. The molecule has 1 atom stereocenters. The predicted molar refractivity (Wildman–Crippen MR) is 74.6 cm³/mol. The Morgan fingerprint density at radius 3 is 2.61 bits per heavy atom. The summed E-state index contributed by atoms with van der Waals surface area (Å²) in [4.78, 5) is 11.6. The molecule has 0 bridgehead atoms. The monoisotopic (exact) mass is 248 g/mol. The van der Waals surface area contributed by atoms with Crippen molar-refractivity contribution < 1.29 is 0 Å². The molecule has 2 N–H and O–H groups in total. The Hall–Kier alpha value is -1.09. The average Bonchev–Trinajstić information content (AvgIpc) is 2.41. The van der Waals surface area contributed by atoms with Gasteiger partial charge in [-0.1, -0.05) is 13.0 Å². The van der Waals surface area contributed by atoms with Crippen molar-refractivity contribution in [2.45, 2.75) is 51.0 Å². The number of pyridine rings is 1. The van der Waals surface area contributed by atoms with E-state index < -0.39 is 0 Å². The largest absolute Gasteiger partial charge is 0.327 e. The van der Waals surface area contributed by atoms with Gasteiger partial charge in [-0.2, -0.15) is 0 Å². The SMILES string of the molecule is CCC(N)C1CCC(c2cccc(=O)n2C)CC1. The van der Waals surface area contributed by atoms with Crippen molar-refractivity contribution in [2.75, 3.05) is 0 Å². The molecule has 1 fully saturated rings. The maximum Gasteiger partial charge on any atom is 0.250 e. The first-order chi connectivity index (χ1) is 8.63. The van der Waals surface area contributed by atoms with Crippen LogP contribution in [-0.4, -0.2) is 10.6 Å². The fourth-order valence-corrected chi connectivity index (χ4v) is 3.17. The Bertz CT molecular complexity index is 444. The van der Waals surface area contributed by atoms with E-state index in [-0.39, 0.29) is 5.56 Å².